The Morgan fingerprint density at radius 3 is 2.84 bits per heavy atom. The van der Waals surface area contributed by atoms with Gasteiger partial charge < -0.3 is 13.8 Å². The zero-order chi connectivity index (χ0) is 17.4. The highest BCUT2D eigenvalue weighted by atomic mass is 16.5. The molecule has 1 saturated heterocycles. The molecule has 25 heavy (non-hydrogen) atoms. The Morgan fingerprint density at radius 2 is 2.12 bits per heavy atom. The van der Waals surface area contributed by atoms with Gasteiger partial charge >= 0.3 is 0 Å². The predicted molar refractivity (Wildman–Crippen MR) is 89.9 cm³/mol. The van der Waals surface area contributed by atoms with Gasteiger partial charge in [-0.3, -0.25) is 9.89 Å². The van der Waals surface area contributed by atoms with Crippen LogP contribution in [-0.2, 0) is 0 Å². The molecule has 3 aromatic heterocycles. The van der Waals surface area contributed by atoms with Gasteiger partial charge in [0.2, 0.25) is 0 Å². The molecule has 1 N–H and O–H groups in total. The van der Waals surface area contributed by atoms with Crippen LogP contribution in [0.25, 0.3) is 11.5 Å². The highest BCUT2D eigenvalue weighted by molar-refractivity contribution is 5.93. The van der Waals surface area contributed by atoms with Crippen molar-refractivity contribution in [2.75, 3.05) is 6.54 Å². The van der Waals surface area contributed by atoms with Crippen LogP contribution in [0, 0.1) is 13.8 Å². The number of nitrogens with one attached hydrogen (secondary N) is 1. The van der Waals surface area contributed by atoms with E-state index < -0.39 is 0 Å². The Hall–Kier alpha value is -2.83. The topological polar surface area (TPSA) is 88.2 Å². The van der Waals surface area contributed by atoms with Crippen LogP contribution in [0.15, 0.2) is 33.2 Å². The van der Waals surface area contributed by atoms with E-state index in [1.165, 1.54) is 0 Å². The van der Waals surface area contributed by atoms with E-state index in [1.54, 1.807) is 6.07 Å². The van der Waals surface area contributed by atoms with Gasteiger partial charge in [0, 0.05) is 18.7 Å². The van der Waals surface area contributed by atoms with Gasteiger partial charge in [-0.05, 0) is 45.2 Å². The summed E-state index contributed by atoms with van der Waals surface area (Å²) in [6.07, 6.45) is 2.93. The molecule has 0 radical (unpaired) electrons. The molecule has 1 fully saturated rings. The van der Waals surface area contributed by atoms with Crippen LogP contribution in [-0.4, -0.2) is 32.7 Å². The molecule has 0 unspecified atom stereocenters. The van der Waals surface area contributed by atoms with Crippen molar-refractivity contribution < 1.29 is 13.7 Å². The number of aromatic amines is 1. The minimum Gasteiger partial charge on any atom is -0.460 e. The monoisotopic (exact) mass is 340 g/mol. The van der Waals surface area contributed by atoms with Gasteiger partial charge in [0.05, 0.1) is 6.04 Å². The maximum Gasteiger partial charge on any atom is 0.274 e. The molecule has 1 atom stereocenters. The number of carbonyl (C=O) groups excluding carboxylic acids is 1. The summed E-state index contributed by atoms with van der Waals surface area (Å²) in [6, 6.07) is 7.31. The quantitative estimate of drug-likeness (QED) is 0.786. The zero-order valence-electron chi connectivity index (χ0n) is 14.3. The molecule has 7 nitrogen and oxygen atoms in total. The average Bonchev–Trinajstić information content (AvgIpc) is 3.34. The number of furan rings is 1. The molecule has 4 heterocycles. The van der Waals surface area contributed by atoms with Crippen molar-refractivity contribution in [1.82, 2.24) is 20.3 Å². The minimum atomic E-state index is -0.101. The van der Waals surface area contributed by atoms with Gasteiger partial charge in [0.15, 0.2) is 11.5 Å². The summed E-state index contributed by atoms with van der Waals surface area (Å²) >= 11 is 0. The van der Waals surface area contributed by atoms with Gasteiger partial charge in [-0.1, -0.05) is 5.16 Å². The number of hydrogen-bond donors (Lipinski definition) is 1. The second-order valence-electron chi connectivity index (χ2n) is 6.45. The second-order valence-corrected chi connectivity index (χ2v) is 6.45. The number of aromatic nitrogens is 3. The van der Waals surface area contributed by atoms with E-state index >= 15 is 0 Å². The number of likely N-dealkylation sites (tertiary alicyclic amines) is 1. The van der Waals surface area contributed by atoms with Crippen molar-refractivity contribution in [3.8, 4) is 11.5 Å². The van der Waals surface area contributed by atoms with Crippen LogP contribution in [0.4, 0.5) is 0 Å². The van der Waals surface area contributed by atoms with Crippen LogP contribution in [0.3, 0.4) is 0 Å². The van der Waals surface area contributed by atoms with Gasteiger partial charge in [-0.25, -0.2) is 0 Å². The molecule has 4 rings (SSSR count). The summed E-state index contributed by atoms with van der Waals surface area (Å²) in [5.41, 5.74) is 1.89. The first-order valence-corrected chi connectivity index (χ1v) is 8.48. The molecule has 3 aromatic rings. The lowest BCUT2D eigenvalue weighted by Crippen LogP contribution is -2.38. The molecule has 1 amide bonds. The van der Waals surface area contributed by atoms with E-state index in [2.05, 4.69) is 15.4 Å². The largest absolute Gasteiger partial charge is 0.460 e. The van der Waals surface area contributed by atoms with Crippen molar-refractivity contribution in [1.29, 1.82) is 0 Å². The summed E-state index contributed by atoms with van der Waals surface area (Å²) in [6.45, 7) is 4.43. The standard InChI is InChI=1S/C18H20N4O3/c1-11-6-7-17(24-11)14-10-15(20-19-14)18(23)22-8-4-3-5-16(22)13-9-12(2)25-21-13/h6-7,9-10,16H,3-5,8H2,1-2H3,(H,19,20)/t16-/m1/s1. The van der Waals surface area contributed by atoms with Crippen LogP contribution in [0.5, 0.6) is 0 Å². The lowest BCUT2D eigenvalue weighted by molar-refractivity contribution is 0.0595. The number of nitrogens with zero attached hydrogens (tertiary/aromatic N) is 3. The Labute approximate surface area is 145 Å². The van der Waals surface area contributed by atoms with Crippen molar-refractivity contribution in [3.05, 3.63) is 47.2 Å². The Kier molecular flexibility index (Phi) is 3.91. The maximum atomic E-state index is 13.0. The molecule has 130 valence electrons. The van der Waals surface area contributed by atoms with Crippen molar-refractivity contribution in [2.24, 2.45) is 0 Å². The SMILES string of the molecule is Cc1cc([C@H]2CCCCN2C(=O)c2cc(-c3ccc(C)o3)[nH]n2)no1. The highest BCUT2D eigenvalue weighted by Crippen LogP contribution is 2.32. The average molecular weight is 340 g/mol. The molecule has 7 heteroatoms. The molecule has 1 aliphatic rings. The summed E-state index contributed by atoms with van der Waals surface area (Å²) in [5.74, 6) is 2.14. The second kappa shape index (κ2) is 6.23. The summed E-state index contributed by atoms with van der Waals surface area (Å²) in [4.78, 5) is 14.8. The molecule has 0 aliphatic carbocycles. The fraction of sp³-hybridized carbons (Fsp3) is 0.389. The number of aryl methyl sites for hydroxylation is 2. The number of rotatable bonds is 3. The highest BCUT2D eigenvalue weighted by Gasteiger charge is 2.32. The smallest absolute Gasteiger partial charge is 0.274 e. The van der Waals surface area contributed by atoms with Crippen molar-refractivity contribution >= 4 is 5.91 Å². The van der Waals surface area contributed by atoms with E-state index in [4.69, 9.17) is 8.94 Å². The maximum absolute atomic E-state index is 13.0. The van der Waals surface area contributed by atoms with Gasteiger partial charge in [0.1, 0.15) is 22.9 Å². The molecule has 0 aromatic carbocycles. The van der Waals surface area contributed by atoms with Crippen LogP contribution in [0.1, 0.15) is 53.0 Å². The molecule has 0 saturated carbocycles. The van der Waals surface area contributed by atoms with E-state index in [-0.39, 0.29) is 11.9 Å². The minimum absolute atomic E-state index is 0.0651. The Bertz CT molecular complexity index is 892. The lowest BCUT2D eigenvalue weighted by atomic mass is 9.98. The first kappa shape index (κ1) is 15.7. The number of carbonyl (C=O) groups is 1. The summed E-state index contributed by atoms with van der Waals surface area (Å²) in [5, 5.41) is 11.2. The number of piperidine rings is 1. The zero-order valence-corrected chi connectivity index (χ0v) is 14.3. The molecule has 0 spiro atoms. The van der Waals surface area contributed by atoms with E-state index in [1.807, 2.05) is 36.9 Å². The van der Waals surface area contributed by atoms with Crippen molar-refractivity contribution in [2.45, 2.75) is 39.2 Å². The first-order chi connectivity index (χ1) is 12.1. The fourth-order valence-corrected chi connectivity index (χ4v) is 3.31. The first-order valence-electron chi connectivity index (χ1n) is 8.48. The molecular weight excluding hydrogens is 320 g/mol. The lowest BCUT2D eigenvalue weighted by Gasteiger charge is -2.33. The van der Waals surface area contributed by atoms with Crippen molar-refractivity contribution in [3.63, 3.8) is 0 Å². The normalized spacial score (nSPS) is 17.8. The molecule has 0 bridgehead atoms. The fourth-order valence-electron chi connectivity index (χ4n) is 3.31. The summed E-state index contributed by atoms with van der Waals surface area (Å²) in [7, 11) is 0. The molecular formula is C18H20N4O3. The Morgan fingerprint density at radius 1 is 1.24 bits per heavy atom. The summed E-state index contributed by atoms with van der Waals surface area (Å²) < 4.78 is 10.8. The Balaban J connectivity index is 1.59. The third-order valence-electron chi connectivity index (χ3n) is 4.55. The number of H-pyrrole nitrogens is 1. The van der Waals surface area contributed by atoms with E-state index in [0.29, 0.717) is 23.7 Å². The van der Waals surface area contributed by atoms with E-state index in [9.17, 15) is 4.79 Å². The van der Waals surface area contributed by atoms with Crippen LogP contribution < -0.4 is 0 Å². The number of amides is 1. The third-order valence-corrected chi connectivity index (χ3v) is 4.55. The van der Waals surface area contributed by atoms with Gasteiger partial charge in [-0.2, -0.15) is 5.10 Å². The molecule has 1 aliphatic heterocycles. The van der Waals surface area contributed by atoms with Crippen LogP contribution in [0.2, 0.25) is 0 Å². The van der Waals surface area contributed by atoms with E-state index in [0.717, 1.165) is 36.5 Å². The number of hydrogen-bond acceptors (Lipinski definition) is 5. The predicted octanol–water partition coefficient (Wildman–Crippen LogP) is 3.64. The van der Waals surface area contributed by atoms with Gasteiger partial charge in [-0.15, -0.1) is 0 Å². The third kappa shape index (κ3) is 2.97. The van der Waals surface area contributed by atoms with Crippen LogP contribution >= 0.6 is 0 Å². The van der Waals surface area contributed by atoms with Gasteiger partial charge in [0.25, 0.3) is 5.91 Å².